The quantitative estimate of drug-likeness (QED) is 0.136. The SMILES string of the molecule is CCCCCCCCCCC(O)COCCOCCOCCOCCOCCOCCOCCO. The minimum Gasteiger partial charge on any atom is -0.394 e. The van der Waals surface area contributed by atoms with Crippen molar-refractivity contribution in [1.82, 2.24) is 0 Å². The van der Waals surface area contributed by atoms with E-state index < -0.39 is 0 Å². The molecule has 35 heavy (non-hydrogen) atoms. The topological polar surface area (TPSA) is 105 Å². The standard InChI is InChI=1S/C26H54O9/c1-2-3-4-5-6-7-8-9-10-26(28)25-35-24-23-34-22-21-33-20-19-32-18-17-31-16-15-30-14-13-29-12-11-27/h26-28H,2-25H2,1H3. The molecule has 0 aliphatic carbocycles. The average Bonchev–Trinajstić information content (AvgIpc) is 2.86. The van der Waals surface area contributed by atoms with Gasteiger partial charge in [0.1, 0.15) is 0 Å². The Kier molecular flexibility index (Phi) is 31.3. The Hall–Kier alpha value is -0.360. The lowest BCUT2D eigenvalue weighted by molar-refractivity contribution is -0.0266. The largest absolute Gasteiger partial charge is 0.394 e. The highest BCUT2D eigenvalue weighted by Gasteiger charge is 2.04. The first kappa shape index (κ1) is 34.6. The monoisotopic (exact) mass is 510 g/mol. The predicted octanol–water partition coefficient (Wildman–Crippen LogP) is 2.99. The van der Waals surface area contributed by atoms with Gasteiger partial charge in [0.2, 0.25) is 0 Å². The summed E-state index contributed by atoms with van der Waals surface area (Å²) in [5.41, 5.74) is 0. The third-order valence-corrected chi connectivity index (χ3v) is 5.17. The molecule has 0 fully saturated rings. The predicted molar refractivity (Wildman–Crippen MR) is 136 cm³/mol. The van der Waals surface area contributed by atoms with Gasteiger partial charge in [-0.2, -0.15) is 0 Å². The van der Waals surface area contributed by atoms with Crippen molar-refractivity contribution in [3.8, 4) is 0 Å². The molecule has 9 nitrogen and oxygen atoms in total. The number of aliphatic hydroxyl groups is 2. The third-order valence-electron chi connectivity index (χ3n) is 5.17. The number of hydrogen-bond acceptors (Lipinski definition) is 9. The molecular weight excluding hydrogens is 456 g/mol. The van der Waals surface area contributed by atoms with Crippen LogP contribution in [0.25, 0.3) is 0 Å². The van der Waals surface area contributed by atoms with Crippen LogP contribution in [-0.4, -0.2) is 115 Å². The fraction of sp³-hybridized carbons (Fsp3) is 1.00. The fourth-order valence-corrected chi connectivity index (χ4v) is 3.20. The van der Waals surface area contributed by atoms with Crippen molar-refractivity contribution in [3.05, 3.63) is 0 Å². The molecule has 212 valence electrons. The molecule has 2 N–H and O–H groups in total. The van der Waals surface area contributed by atoms with Gasteiger partial charge in [-0.3, -0.25) is 0 Å². The Balaban J connectivity index is 3.10. The second-order valence-corrected chi connectivity index (χ2v) is 8.39. The van der Waals surface area contributed by atoms with Crippen LogP contribution in [0.4, 0.5) is 0 Å². The first-order valence-corrected chi connectivity index (χ1v) is 13.6. The summed E-state index contributed by atoms with van der Waals surface area (Å²) >= 11 is 0. The molecule has 0 aliphatic rings. The van der Waals surface area contributed by atoms with Crippen molar-refractivity contribution in [2.45, 2.75) is 70.8 Å². The first-order valence-electron chi connectivity index (χ1n) is 13.6. The number of aliphatic hydroxyl groups excluding tert-OH is 2. The Bertz CT molecular complexity index is 375. The van der Waals surface area contributed by atoms with Crippen LogP contribution in [0.2, 0.25) is 0 Å². The molecule has 1 unspecified atom stereocenters. The van der Waals surface area contributed by atoms with E-state index in [0.29, 0.717) is 92.5 Å². The average molecular weight is 511 g/mol. The third kappa shape index (κ3) is 31.6. The van der Waals surface area contributed by atoms with E-state index in [4.69, 9.17) is 38.3 Å². The summed E-state index contributed by atoms with van der Waals surface area (Å²) in [6.07, 6.45) is 10.6. The lowest BCUT2D eigenvalue weighted by atomic mass is 10.1. The number of ether oxygens (including phenoxy) is 7. The molecule has 0 aromatic carbocycles. The molecule has 9 heteroatoms. The van der Waals surface area contributed by atoms with E-state index in [9.17, 15) is 5.11 Å². The Morgan fingerprint density at radius 1 is 0.457 bits per heavy atom. The van der Waals surface area contributed by atoms with Crippen molar-refractivity contribution >= 4 is 0 Å². The summed E-state index contributed by atoms with van der Waals surface area (Å²) in [6.45, 7) is 9.07. The minimum atomic E-state index is -0.375. The van der Waals surface area contributed by atoms with Crippen molar-refractivity contribution in [2.24, 2.45) is 0 Å². The zero-order valence-electron chi connectivity index (χ0n) is 22.3. The zero-order valence-corrected chi connectivity index (χ0v) is 22.3. The van der Waals surface area contributed by atoms with Gasteiger partial charge in [-0.1, -0.05) is 58.3 Å². The molecular formula is C26H54O9. The Morgan fingerprint density at radius 2 is 0.800 bits per heavy atom. The summed E-state index contributed by atoms with van der Waals surface area (Å²) in [4.78, 5) is 0. The molecule has 0 bridgehead atoms. The van der Waals surface area contributed by atoms with Gasteiger partial charge in [0.05, 0.1) is 105 Å². The second-order valence-electron chi connectivity index (χ2n) is 8.39. The van der Waals surface area contributed by atoms with E-state index in [-0.39, 0.29) is 12.7 Å². The summed E-state index contributed by atoms with van der Waals surface area (Å²) in [6, 6.07) is 0. The molecule has 0 aromatic rings. The molecule has 0 saturated heterocycles. The van der Waals surface area contributed by atoms with Crippen LogP contribution in [0.5, 0.6) is 0 Å². The highest BCUT2D eigenvalue weighted by molar-refractivity contribution is 4.55. The van der Waals surface area contributed by atoms with Crippen molar-refractivity contribution in [1.29, 1.82) is 0 Å². The van der Waals surface area contributed by atoms with Crippen LogP contribution >= 0.6 is 0 Å². The fourth-order valence-electron chi connectivity index (χ4n) is 3.20. The highest BCUT2D eigenvalue weighted by atomic mass is 16.6. The molecule has 0 rings (SSSR count). The van der Waals surface area contributed by atoms with Gasteiger partial charge in [0.15, 0.2) is 0 Å². The summed E-state index contributed by atoms with van der Waals surface area (Å²) in [7, 11) is 0. The van der Waals surface area contributed by atoms with Crippen LogP contribution in [0.3, 0.4) is 0 Å². The lowest BCUT2D eigenvalue weighted by Gasteiger charge is -2.11. The molecule has 0 aliphatic heterocycles. The maximum atomic E-state index is 9.96. The molecule has 0 aromatic heterocycles. The van der Waals surface area contributed by atoms with Gasteiger partial charge in [-0.15, -0.1) is 0 Å². The molecule has 0 amide bonds. The normalized spacial score (nSPS) is 12.4. The van der Waals surface area contributed by atoms with Crippen LogP contribution in [0.15, 0.2) is 0 Å². The zero-order chi connectivity index (χ0) is 25.5. The second kappa shape index (κ2) is 31.7. The summed E-state index contributed by atoms with van der Waals surface area (Å²) < 4.78 is 37.6. The molecule has 0 heterocycles. The number of hydrogen-bond donors (Lipinski definition) is 2. The molecule has 0 radical (unpaired) electrons. The molecule has 1 atom stereocenters. The van der Waals surface area contributed by atoms with Gasteiger partial charge >= 0.3 is 0 Å². The molecule has 0 saturated carbocycles. The van der Waals surface area contributed by atoms with E-state index in [2.05, 4.69) is 6.92 Å². The summed E-state index contributed by atoms with van der Waals surface area (Å²) in [5.74, 6) is 0. The maximum Gasteiger partial charge on any atom is 0.0773 e. The highest BCUT2D eigenvalue weighted by Crippen LogP contribution is 2.10. The van der Waals surface area contributed by atoms with Crippen molar-refractivity contribution in [2.75, 3.05) is 99.1 Å². The van der Waals surface area contributed by atoms with Crippen LogP contribution in [-0.2, 0) is 33.2 Å². The van der Waals surface area contributed by atoms with E-state index in [1.807, 2.05) is 0 Å². The number of unbranched alkanes of at least 4 members (excludes halogenated alkanes) is 7. The van der Waals surface area contributed by atoms with Crippen LogP contribution in [0.1, 0.15) is 64.7 Å². The Labute approximate surface area is 213 Å². The maximum absolute atomic E-state index is 9.96. The van der Waals surface area contributed by atoms with E-state index in [0.717, 1.165) is 12.8 Å². The van der Waals surface area contributed by atoms with Crippen molar-refractivity contribution < 1.29 is 43.4 Å². The van der Waals surface area contributed by atoms with Gasteiger partial charge < -0.3 is 43.4 Å². The van der Waals surface area contributed by atoms with Gasteiger partial charge in [-0.05, 0) is 6.42 Å². The van der Waals surface area contributed by atoms with Gasteiger partial charge in [0, 0.05) is 0 Å². The first-order chi connectivity index (χ1) is 17.3. The van der Waals surface area contributed by atoms with E-state index >= 15 is 0 Å². The Morgan fingerprint density at radius 3 is 1.20 bits per heavy atom. The smallest absolute Gasteiger partial charge is 0.0773 e. The van der Waals surface area contributed by atoms with E-state index in [1.54, 1.807) is 0 Å². The van der Waals surface area contributed by atoms with Crippen LogP contribution < -0.4 is 0 Å². The van der Waals surface area contributed by atoms with Gasteiger partial charge in [-0.25, -0.2) is 0 Å². The molecule has 0 spiro atoms. The van der Waals surface area contributed by atoms with Crippen LogP contribution in [0, 0.1) is 0 Å². The minimum absolute atomic E-state index is 0.0311. The lowest BCUT2D eigenvalue weighted by Crippen LogP contribution is -2.18. The summed E-state index contributed by atoms with van der Waals surface area (Å²) in [5, 5.41) is 18.5. The van der Waals surface area contributed by atoms with Gasteiger partial charge in [0.25, 0.3) is 0 Å². The van der Waals surface area contributed by atoms with E-state index in [1.165, 1.54) is 44.9 Å². The number of rotatable bonds is 31. The van der Waals surface area contributed by atoms with Crippen molar-refractivity contribution in [3.63, 3.8) is 0 Å².